The van der Waals surface area contributed by atoms with E-state index >= 15 is 0 Å². The molecule has 0 unspecified atom stereocenters. The number of hydrogen-bond donors (Lipinski definition) is 2. The Morgan fingerprint density at radius 3 is 1.45 bits per heavy atom. The van der Waals surface area contributed by atoms with Gasteiger partial charge >= 0.3 is 41.7 Å². The molecule has 2 atom stereocenters. The number of Topliss-reactive ketones (excluding diaryl/α,β-unsaturated/α-hetero) is 1. The quantitative estimate of drug-likeness (QED) is 0.0798. The number of likely N-dealkylation sites (tertiary alicyclic amines) is 1. The van der Waals surface area contributed by atoms with E-state index in [9.17, 15) is 27.6 Å². The number of nitrogens with one attached hydrogen (secondary N) is 1. The number of aromatic nitrogens is 6. The number of alkyl halides is 3. The molecule has 404 valence electrons. The summed E-state index contributed by atoms with van der Waals surface area (Å²) in [4.78, 5) is 66.6. The summed E-state index contributed by atoms with van der Waals surface area (Å²) < 4.78 is 43.7. The first kappa shape index (κ1) is 69.0. The van der Waals surface area contributed by atoms with Crippen molar-refractivity contribution in [2.75, 3.05) is 39.8 Å². The molecule has 1 amide bonds. The van der Waals surface area contributed by atoms with Gasteiger partial charge in [0.15, 0.2) is 5.78 Å². The van der Waals surface area contributed by atoms with Crippen LogP contribution in [-0.2, 0) is 15.7 Å². The minimum atomic E-state index is -4.32. The topological polar surface area (TPSA) is 222 Å². The number of allylic oxidation sites excluding steroid dienone is 2. The molecule has 4 aromatic rings. The first-order valence-electron chi connectivity index (χ1n) is 24.1. The molecule has 3 N–H and O–H groups in total. The van der Waals surface area contributed by atoms with E-state index in [0.29, 0.717) is 58.7 Å². The first-order chi connectivity index (χ1) is 33.2. The zero-order valence-corrected chi connectivity index (χ0v) is 49.6. The van der Waals surface area contributed by atoms with Crippen molar-refractivity contribution >= 4 is 23.4 Å². The van der Waals surface area contributed by atoms with Crippen molar-refractivity contribution < 1.29 is 72.4 Å². The molecular formula is C54H80F3N10NaO6. The van der Waals surface area contributed by atoms with E-state index in [2.05, 4.69) is 60.5 Å². The minimum Gasteiger partial charge on any atom is -0.870 e. The van der Waals surface area contributed by atoms with Crippen molar-refractivity contribution in [3.05, 3.63) is 115 Å². The maximum absolute atomic E-state index is 13.3. The molecule has 16 nitrogen and oxygen atoms in total. The van der Waals surface area contributed by atoms with Gasteiger partial charge in [-0.15, -0.1) is 0 Å². The van der Waals surface area contributed by atoms with Gasteiger partial charge in [0, 0.05) is 73.0 Å². The monoisotopic (exact) mass is 1040 g/mol. The second-order valence-electron chi connectivity index (χ2n) is 19.1. The van der Waals surface area contributed by atoms with Gasteiger partial charge in [0.2, 0.25) is 0 Å². The Morgan fingerprint density at radius 1 is 0.716 bits per heavy atom. The van der Waals surface area contributed by atoms with Gasteiger partial charge in [0.05, 0.1) is 46.8 Å². The van der Waals surface area contributed by atoms with Crippen LogP contribution in [0.1, 0.15) is 163 Å². The van der Waals surface area contributed by atoms with Crippen molar-refractivity contribution in [1.29, 1.82) is 5.41 Å². The number of carboxylic acids is 1. The first-order valence-corrected chi connectivity index (χ1v) is 24.1. The van der Waals surface area contributed by atoms with Crippen LogP contribution in [-0.4, -0.2) is 130 Å². The number of aromatic carboxylic acids is 1. The fourth-order valence-corrected chi connectivity index (χ4v) is 8.57. The molecule has 2 saturated heterocycles. The van der Waals surface area contributed by atoms with Crippen molar-refractivity contribution in [3.63, 3.8) is 0 Å². The maximum Gasteiger partial charge on any atom is 1.00 e. The number of ketones is 1. The van der Waals surface area contributed by atoms with Crippen LogP contribution in [0, 0.1) is 74.6 Å². The number of halogens is 3. The third-order valence-corrected chi connectivity index (χ3v) is 13.1. The number of hydrogen-bond acceptors (Lipinski definition) is 14. The Balaban J connectivity index is 0.00000117. The van der Waals surface area contributed by atoms with Crippen LogP contribution in [0.5, 0.6) is 0 Å². The molecule has 5 heterocycles. The molecule has 2 fully saturated rings. The van der Waals surface area contributed by atoms with Gasteiger partial charge in [-0.1, -0.05) is 12.1 Å². The van der Waals surface area contributed by atoms with Gasteiger partial charge in [-0.3, -0.25) is 19.4 Å². The van der Waals surface area contributed by atoms with Crippen molar-refractivity contribution in [3.8, 4) is 0 Å². The number of nitrogens with zero attached hydrogens (tertiary/aromatic N) is 9. The largest absolute Gasteiger partial charge is 1.00 e. The number of carbonyl (C=O) groups is 3. The fraction of sp³-hybridized carbons (Fsp3) is 0.556. The number of amides is 1. The van der Waals surface area contributed by atoms with E-state index in [0.717, 1.165) is 66.6 Å². The van der Waals surface area contributed by atoms with Crippen LogP contribution in [0.4, 0.5) is 13.2 Å². The number of rotatable bonds is 7. The predicted octanol–water partition coefficient (Wildman–Crippen LogP) is 7.38. The molecule has 74 heavy (non-hydrogen) atoms. The molecule has 0 spiro atoms. The van der Waals surface area contributed by atoms with E-state index in [1.54, 1.807) is 67.7 Å². The molecular weight excluding hydrogens is 965 g/mol. The summed E-state index contributed by atoms with van der Waals surface area (Å²) in [6.07, 6.45) is -2.53. The number of carbonyl (C=O) groups excluding carboxylic acids is 2. The fourth-order valence-electron chi connectivity index (χ4n) is 8.57. The van der Waals surface area contributed by atoms with Crippen LogP contribution < -0.4 is 29.6 Å². The molecule has 1 aromatic carbocycles. The van der Waals surface area contributed by atoms with Crippen LogP contribution in [0.3, 0.4) is 0 Å². The molecule has 6 rings (SSSR count). The normalized spacial score (nSPS) is 15.9. The molecule has 0 bridgehead atoms. The Kier molecular flexibility index (Phi) is 28.4. The van der Waals surface area contributed by atoms with Gasteiger partial charge in [0.1, 0.15) is 23.0 Å². The molecule has 2 aliphatic heterocycles. The van der Waals surface area contributed by atoms with E-state index in [1.807, 2.05) is 53.4 Å². The summed E-state index contributed by atoms with van der Waals surface area (Å²) >= 11 is 0. The van der Waals surface area contributed by atoms with E-state index < -0.39 is 17.7 Å². The SMILES string of the molecule is CC(C)=N.COC(C)=C(C)C(C)=O.Cc1nc(C)c(C(=O)N2CCC(C)(N3CCN([C@@H](C)c4ccc(C(F)(F)F)cc4)[C@@H](C)C3)CC2)c(C)n1.Cc1nc(C)c(C(=O)O)c(C)n1.Cc1nc(C)c(C)c(C)n1.[Na+].[OH-]. The molecule has 0 radical (unpaired) electrons. The predicted molar refractivity (Wildman–Crippen MR) is 279 cm³/mol. The number of methoxy groups -OCH3 is 1. The number of piperazine rings is 1. The number of benzene rings is 1. The third-order valence-electron chi connectivity index (χ3n) is 13.1. The summed E-state index contributed by atoms with van der Waals surface area (Å²) in [5, 5.41) is 15.3. The summed E-state index contributed by atoms with van der Waals surface area (Å²) in [5.74, 6) is 1.96. The zero-order valence-electron chi connectivity index (χ0n) is 47.6. The second kappa shape index (κ2) is 30.5. The number of piperidine rings is 1. The third kappa shape index (κ3) is 20.2. The van der Waals surface area contributed by atoms with Crippen LogP contribution in [0.25, 0.3) is 0 Å². The van der Waals surface area contributed by atoms with Gasteiger partial charge in [-0.25, -0.2) is 34.7 Å². The molecule has 0 saturated carbocycles. The van der Waals surface area contributed by atoms with Gasteiger partial charge in [-0.05, 0) is 161 Å². The summed E-state index contributed by atoms with van der Waals surface area (Å²) in [7, 11) is 1.56. The Bertz CT molecular complexity index is 2490. The van der Waals surface area contributed by atoms with Crippen molar-refractivity contribution in [1.82, 2.24) is 44.6 Å². The molecule has 3 aromatic heterocycles. The Hall–Kier alpha value is -5.05. The standard InChI is InChI=1S/C28H38F3N5O.C8H10N2O2.C8H12N2.C7H12O2.C3H7N.Na.H2O/c1-18-17-35(15-16-36(18)21(4)23-7-9-24(10-8-23)28(29,30)31)27(6)11-13-34(14-12-27)26(37)25-19(2)32-22(5)33-20(25)3;1-4-7(8(11)12)5(2)10-6(3)9-4;1-5-6(2)9-8(4)10-7(5)3;1-5(6(2)8)7(3)9-4;1-3(2)4;;/h7-10,18,21H,11-17H2,1-6H3;1-3H3,(H,11,12);1-4H3;1-4H3;4H,1-2H3;;1H2/q;;;;;+1;/p-1/t18-,21-;;;;;;/m0....../s1. The van der Waals surface area contributed by atoms with Crippen molar-refractivity contribution in [2.45, 2.75) is 161 Å². The zero-order chi connectivity index (χ0) is 55.2. The van der Waals surface area contributed by atoms with Gasteiger partial charge in [0.25, 0.3) is 5.91 Å². The Labute approximate surface area is 459 Å². The molecule has 0 aliphatic carbocycles. The second-order valence-corrected chi connectivity index (χ2v) is 19.1. The van der Waals surface area contributed by atoms with E-state index in [4.69, 9.17) is 15.3 Å². The summed E-state index contributed by atoms with van der Waals surface area (Å²) in [6, 6.07) is 5.85. The van der Waals surface area contributed by atoms with E-state index in [1.165, 1.54) is 24.6 Å². The average Bonchev–Trinajstić information content (AvgIpc) is 3.27. The number of ether oxygens (including phenoxy) is 1. The number of aryl methyl sites for hydroxylation is 9. The maximum atomic E-state index is 13.3. The average molecular weight is 1050 g/mol. The van der Waals surface area contributed by atoms with Gasteiger partial charge < -0.3 is 25.6 Å². The molecule has 20 heteroatoms. The Morgan fingerprint density at radius 2 is 1.11 bits per heavy atom. The molecule has 2 aliphatic rings. The number of carboxylic acid groups (broad SMARTS) is 1. The van der Waals surface area contributed by atoms with Crippen LogP contribution >= 0.6 is 0 Å². The summed E-state index contributed by atoms with van der Waals surface area (Å²) in [5.41, 5.74) is 8.36. The summed E-state index contributed by atoms with van der Waals surface area (Å²) in [6.45, 7) is 37.8. The van der Waals surface area contributed by atoms with E-state index in [-0.39, 0.29) is 69.9 Å². The van der Waals surface area contributed by atoms with Crippen LogP contribution in [0.15, 0.2) is 35.6 Å². The smallest absolute Gasteiger partial charge is 0.870 e. The van der Waals surface area contributed by atoms with Gasteiger partial charge in [-0.2, -0.15) is 13.2 Å². The minimum absolute atomic E-state index is 0. The van der Waals surface area contributed by atoms with Crippen LogP contribution in [0.2, 0.25) is 0 Å². The van der Waals surface area contributed by atoms with Crippen molar-refractivity contribution in [2.24, 2.45) is 0 Å².